The molecule has 0 amide bonds. The lowest BCUT2D eigenvalue weighted by molar-refractivity contribution is -0.177. The average Bonchev–Trinajstić information content (AvgIpc) is 2.29. The van der Waals surface area contributed by atoms with Crippen molar-refractivity contribution in [1.29, 1.82) is 0 Å². The van der Waals surface area contributed by atoms with Gasteiger partial charge in [-0.05, 0) is 50.4 Å². The molecule has 23 heavy (non-hydrogen) atoms. The van der Waals surface area contributed by atoms with E-state index in [0.717, 1.165) is 19.3 Å². The minimum Gasteiger partial charge on any atom is -0.459 e. The molecule has 4 bridgehead atoms. The molecule has 9 heteroatoms. The number of carbonyl (C=O) groups is 1. The van der Waals surface area contributed by atoms with Crippen molar-refractivity contribution >= 4 is 38.7 Å². The van der Waals surface area contributed by atoms with E-state index in [9.17, 15) is 22.0 Å². The molecule has 0 aromatic heterocycles. The Hall–Kier alpha value is -0.0300. The average molecular weight is 464 g/mol. The summed E-state index contributed by atoms with van der Waals surface area (Å²) >= 11 is 2.40. The maximum absolute atomic E-state index is 13.5. The third-order valence-corrected chi connectivity index (χ3v) is 7.28. The Morgan fingerprint density at radius 2 is 1.83 bits per heavy atom. The van der Waals surface area contributed by atoms with Gasteiger partial charge < -0.3 is 4.74 Å². The third-order valence-electron chi connectivity index (χ3n) is 5.23. The maximum atomic E-state index is 13.5. The standard InChI is InChI=1S/C14H19F2IO5S/c15-14(16,8-23(19,20)21)7-22-11(18)12-2-9-1-10(3-12)5-13(17,4-9)6-12/h9-10H,1-8H2,(H,19,20,21). The quantitative estimate of drug-likeness (QED) is 0.293. The van der Waals surface area contributed by atoms with Crippen LogP contribution in [0.1, 0.15) is 38.5 Å². The zero-order valence-electron chi connectivity index (χ0n) is 12.4. The van der Waals surface area contributed by atoms with E-state index in [-0.39, 0.29) is 3.42 Å². The van der Waals surface area contributed by atoms with Crippen LogP contribution < -0.4 is 0 Å². The molecule has 0 aromatic rings. The van der Waals surface area contributed by atoms with Crippen LogP contribution in [0.25, 0.3) is 0 Å². The molecular formula is C14H19F2IO5S. The van der Waals surface area contributed by atoms with Gasteiger partial charge in [0.25, 0.3) is 16.0 Å². The predicted octanol–water partition coefficient (Wildman–Crippen LogP) is 2.83. The normalized spacial score (nSPS) is 39.5. The minimum atomic E-state index is -4.83. The Bertz CT molecular complexity index is 607. The van der Waals surface area contributed by atoms with E-state index in [2.05, 4.69) is 22.6 Å². The zero-order chi connectivity index (χ0) is 17.1. The van der Waals surface area contributed by atoms with Gasteiger partial charge in [0.2, 0.25) is 0 Å². The predicted molar refractivity (Wildman–Crippen MR) is 86.2 cm³/mol. The third kappa shape index (κ3) is 3.81. The Kier molecular flexibility index (Phi) is 4.24. The monoisotopic (exact) mass is 464 g/mol. The van der Waals surface area contributed by atoms with E-state index in [1.807, 2.05) is 0 Å². The SMILES string of the molecule is O=C(OCC(F)(F)CS(=O)(=O)O)C12CC3CC(CC(I)(C3)C1)C2. The second-order valence-electron chi connectivity index (χ2n) is 7.55. The van der Waals surface area contributed by atoms with Gasteiger partial charge in [0.15, 0.2) is 6.61 Å². The minimum absolute atomic E-state index is 0.0534. The first-order valence-corrected chi connectivity index (χ1v) is 10.3. The van der Waals surface area contributed by atoms with Gasteiger partial charge in [-0.15, -0.1) is 0 Å². The molecular weight excluding hydrogens is 445 g/mol. The van der Waals surface area contributed by atoms with Crippen LogP contribution in [0, 0.1) is 17.3 Å². The highest BCUT2D eigenvalue weighted by molar-refractivity contribution is 14.1. The first-order valence-electron chi connectivity index (χ1n) is 7.60. The molecule has 4 fully saturated rings. The number of ether oxygens (including phenoxy) is 1. The number of hydrogen-bond acceptors (Lipinski definition) is 4. The van der Waals surface area contributed by atoms with Crippen LogP contribution in [0.2, 0.25) is 0 Å². The van der Waals surface area contributed by atoms with Crippen LogP contribution in [0.15, 0.2) is 0 Å². The van der Waals surface area contributed by atoms with Crippen LogP contribution >= 0.6 is 22.6 Å². The lowest BCUT2D eigenvalue weighted by Crippen LogP contribution is -2.56. The molecule has 5 nitrogen and oxygen atoms in total. The van der Waals surface area contributed by atoms with Crippen LogP contribution in [0.4, 0.5) is 8.78 Å². The van der Waals surface area contributed by atoms with Gasteiger partial charge in [0.05, 0.1) is 5.41 Å². The second-order valence-corrected chi connectivity index (χ2v) is 11.3. The van der Waals surface area contributed by atoms with Crippen molar-refractivity contribution in [2.24, 2.45) is 17.3 Å². The van der Waals surface area contributed by atoms with Crippen molar-refractivity contribution in [3.63, 3.8) is 0 Å². The summed E-state index contributed by atoms with van der Waals surface area (Å²) in [5.74, 6) is -5.27. The first-order chi connectivity index (χ1) is 10.4. The lowest BCUT2D eigenvalue weighted by atomic mass is 9.49. The molecule has 0 radical (unpaired) electrons. The summed E-state index contributed by atoms with van der Waals surface area (Å²) in [5, 5.41) is 0. The molecule has 0 heterocycles. The van der Waals surface area contributed by atoms with Crippen molar-refractivity contribution in [2.75, 3.05) is 12.4 Å². The number of alkyl halides is 3. The highest BCUT2D eigenvalue weighted by Crippen LogP contribution is 2.64. The van der Waals surface area contributed by atoms with Crippen molar-refractivity contribution in [3.8, 4) is 0 Å². The lowest BCUT2D eigenvalue weighted by Gasteiger charge is -2.58. The molecule has 0 aromatic carbocycles. The Morgan fingerprint density at radius 1 is 1.26 bits per heavy atom. The fourth-order valence-corrected chi connectivity index (χ4v) is 7.62. The number of rotatable bonds is 5. The fraction of sp³-hybridized carbons (Fsp3) is 0.929. The molecule has 4 aliphatic carbocycles. The molecule has 0 aliphatic heterocycles. The molecule has 2 unspecified atom stereocenters. The molecule has 2 atom stereocenters. The number of carbonyl (C=O) groups excluding carboxylic acids is 1. The number of esters is 1. The van der Waals surface area contributed by atoms with Crippen molar-refractivity contribution in [3.05, 3.63) is 0 Å². The van der Waals surface area contributed by atoms with Gasteiger partial charge in [-0.3, -0.25) is 9.35 Å². The molecule has 0 saturated heterocycles. The highest BCUT2D eigenvalue weighted by atomic mass is 127. The molecule has 0 spiro atoms. The van der Waals surface area contributed by atoms with Crippen LogP contribution in [0.5, 0.6) is 0 Å². The van der Waals surface area contributed by atoms with Crippen molar-refractivity contribution in [2.45, 2.75) is 47.9 Å². The summed E-state index contributed by atoms with van der Waals surface area (Å²) in [5.41, 5.74) is -0.695. The molecule has 4 aliphatic rings. The zero-order valence-corrected chi connectivity index (χ0v) is 15.4. The van der Waals surface area contributed by atoms with Gasteiger partial charge in [-0.1, -0.05) is 22.6 Å². The van der Waals surface area contributed by atoms with E-state index in [1.165, 1.54) is 0 Å². The summed E-state index contributed by atoms with van der Waals surface area (Å²) in [6, 6.07) is 0. The summed E-state index contributed by atoms with van der Waals surface area (Å²) < 4.78 is 61.6. The summed E-state index contributed by atoms with van der Waals surface area (Å²) in [6.45, 7) is -1.31. The Morgan fingerprint density at radius 3 is 2.30 bits per heavy atom. The molecule has 1 N–H and O–H groups in total. The van der Waals surface area contributed by atoms with Crippen LogP contribution in [-0.4, -0.2) is 40.6 Å². The first kappa shape index (κ1) is 17.8. The molecule has 132 valence electrons. The van der Waals surface area contributed by atoms with Gasteiger partial charge in [0.1, 0.15) is 5.75 Å². The van der Waals surface area contributed by atoms with E-state index < -0.39 is 39.8 Å². The largest absolute Gasteiger partial charge is 0.459 e. The Balaban J connectivity index is 1.67. The summed E-state index contributed by atoms with van der Waals surface area (Å²) in [6.07, 6.45) is 5.24. The van der Waals surface area contributed by atoms with E-state index in [0.29, 0.717) is 31.1 Å². The van der Waals surface area contributed by atoms with Crippen LogP contribution in [0.3, 0.4) is 0 Å². The molecule has 4 rings (SSSR count). The highest BCUT2D eigenvalue weighted by Gasteiger charge is 2.60. The van der Waals surface area contributed by atoms with E-state index >= 15 is 0 Å². The number of halogens is 3. The fourth-order valence-electron chi connectivity index (χ4n) is 5.02. The van der Waals surface area contributed by atoms with Gasteiger partial charge >= 0.3 is 5.97 Å². The van der Waals surface area contributed by atoms with Gasteiger partial charge in [0, 0.05) is 3.42 Å². The summed E-state index contributed by atoms with van der Waals surface area (Å²) in [4.78, 5) is 12.5. The second kappa shape index (κ2) is 5.48. The number of hydrogen-bond donors (Lipinski definition) is 1. The summed E-state index contributed by atoms with van der Waals surface area (Å²) in [7, 11) is -4.83. The van der Waals surface area contributed by atoms with Gasteiger partial charge in [-0.2, -0.15) is 8.42 Å². The van der Waals surface area contributed by atoms with Gasteiger partial charge in [-0.25, -0.2) is 8.78 Å². The Labute approximate surface area is 147 Å². The topological polar surface area (TPSA) is 80.7 Å². The van der Waals surface area contributed by atoms with Crippen molar-refractivity contribution < 1.29 is 31.3 Å². The molecule has 4 saturated carbocycles. The maximum Gasteiger partial charge on any atom is 0.312 e. The van der Waals surface area contributed by atoms with Crippen LogP contribution in [-0.2, 0) is 19.6 Å². The van der Waals surface area contributed by atoms with E-state index in [1.54, 1.807) is 0 Å². The van der Waals surface area contributed by atoms with Crippen molar-refractivity contribution in [1.82, 2.24) is 0 Å². The smallest absolute Gasteiger partial charge is 0.312 e. The van der Waals surface area contributed by atoms with E-state index in [4.69, 9.17) is 9.29 Å².